The average Bonchev–Trinajstić information content (AvgIpc) is 2.87. The normalized spacial score (nSPS) is 10.8. The van der Waals surface area contributed by atoms with Crippen LogP contribution in [0.3, 0.4) is 0 Å². The number of hydrogen-bond donors (Lipinski definition) is 3. The minimum atomic E-state index is 0.0998. The van der Waals surface area contributed by atoms with Gasteiger partial charge in [-0.25, -0.2) is 0 Å². The lowest BCUT2D eigenvalue weighted by atomic mass is 10.1. The first kappa shape index (κ1) is 14.6. The predicted molar refractivity (Wildman–Crippen MR) is 80.6 cm³/mol. The number of aromatic amines is 1. The zero-order valence-corrected chi connectivity index (χ0v) is 11.7. The van der Waals surface area contributed by atoms with Crippen LogP contribution in [0, 0.1) is 0 Å². The van der Waals surface area contributed by atoms with Crippen LogP contribution in [-0.2, 0) is 11.2 Å². The number of benzene rings is 1. The van der Waals surface area contributed by atoms with Crippen LogP contribution in [-0.4, -0.2) is 29.1 Å². The van der Waals surface area contributed by atoms with Crippen molar-refractivity contribution in [1.82, 2.24) is 10.3 Å². The van der Waals surface area contributed by atoms with Crippen LogP contribution >= 0.6 is 0 Å². The van der Waals surface area contributed by atoms with E-state index in [2.05, 4.69) is 22.4 Å². The van der Waals surface area contributed by atoms with Crippen molar-refractivity contribution in [1.29, 1.82) is 0 Å². The van der Waals surface area contributed by atoms with Crippen LogP contribution in [0.2, 0.25) is 0 Å². The molecule has 108 valence electrons. The molecule has 0 saturated heterocycles. The van der Waals surface area contributed by atoms with Gasteiger partial charge in [0.05, 0.1) is 0 Å². The molecule has 0 spiro atoms. The summed E-state index contributed by atoms with van der Waals surface area (Å²) in [5.74, 6) is 0.0998. The quantitative estimate of drug-likeness (QED) is 0.647. The Morgan fingerprint density at radius 2 is 2.05 bits per heavy atom. The number of carbonyl (C=O) groups is 1. The molecule has 20 heavy (non-hydrogen) atoms. The van der Waals surface area contributed by atoms with Gasteiger partial charge in [0.1, 0.15) is 0 Å². The highest BCUT2D eigenvalue weighted by molar-refractivity contribution is 5.83. The summed E-state index contributed by atoms with van der Waals surface area (Å²) in [4.78, 5) is 14.9. The van der Waals surface area contributed by atoms with Gasteiger partial charge < -0.3 is 15.4 Å². The molecular formula is C16H22N2O2. The number of aliphatic hydroxyl groups excluding tert-OH is 1. The third-order valence-corrected chi connectivity index (χ3v) is 3.45. The van der Waals surface area contributed by atoms with Gasteiger partial charge in [0.2, 0.25) is 5.91 Å². The van der Waals surface area contributed by atoms with E-state index in [0.29, 0.717) is 13.0 Å². The number of para-hydroxylation sites is 1. The summed E-state index contributed by atoms with van der Waals surface area (Å²) in [7, 11) is 0. The number of hydrogen-bond acceptors (Lipinski definition) is 2. The molecule has 0 unspecified atom stereocenters. The minimum Gasteiger partial charge on any atom is -0.396 e. The van der Waals surface area contributed by atoms with E-state index in [4.69, 9.17) is 5.11 Å². The number of fused-ring (bicyclic) bond motifs is 1. The van der Waals surface area contributed by atoms with Crippen LogP contribution in [0.1, 0.15) is 31.2 Å². The molecule has 0 aliphatic rings. The predicted octanol–water partition coefficient (Wildman–Crippen LogP) is 2.38. The van der Waals surface area contributed by atoms with Crippen LogP contribution in [0.5, 0.6) is 0 Å². The fourth-order valence-corrected chi connectivity index (χ4v) is 2.34. The minimum absolute atomic E-state index is 0.0998. The Morgan fingerprint density at radius 1 is 1.20 bits per heavy atom. The van der Waals surface area contributed by atoms with Gasteiger partial charge in [0.25, 0.3) is 0 Å². The van der Waals surface area contributed by atoms with E-state index < -0.39 is 0 Å². The molecule has 1 aromatic heterocycles. The highest BCUT2D eigenvalue weighted by Crippen LogP contribution is 2.17. The number of aliphatic hydroxyl groups is 1. The number of nitrogens with one attached hydrogen (secondary N) is 2. The lowest BCUT2D eigenvalue weighted by molar-refractivity contribution is -0.121. The van der Waals surface area contributed by atoms with Crippen molar-refractivity contribution in [3.63, 3.8) is 0 Å². The molecule has 0 aliphatic heterocycles. The Hall–Kier alpha value is -1.81. The maximum atomic E-state index is 11.6. The molecule has 0 saturated carbocycles. The van der Waals surface area contributed by atoms with Gasteiger partial charge >= 0.3 is 0 Å². The van der Waals surface area contributed by atoms with Crippen molar-refractivity contribution in [2.24, 2.45) is 0 Å². The monoisotopic (exact) mass is 274 g/mol. The summed E-state index contributed by atoms with van der Waals surface area (Å²) in [5.41, 5.74) is 2.37. The number of unbranched alkanes of at least 4 members (excludes halogenated alkanes) is 2. The molecule has 4 nitrogen and oxygen atoms in total. The number of rotatable bonds is 8. The van der Waals surface area contributed by atoms with Gasteiger partial charge in [-0.15, -0.1) is 0 Å². The Bertz CT molecular complexity index is 548. The van der Waals surface area contributed by atoms with Crippen molar-refractivity contribution in [2.75, 3.05) is 13.2 Å². The van der Waals surface area contributed by atoms with Crippen molar-refractivity contribution in [3.8, 4) is 0 Å². The molecule has 1 aromatic carbocycles. The van der Waals surface area contributed by atoms with Crippen molar-refractivity contribution in [2.45, 2.75) is 32.1 Å². The lowest BCUT2D eigenvalue weighted by Crippen LogP contribution is -2.25. The Morgan fingerprint density at radius 3 is 2.90 bits per heavy atom. The fraction of sp³-hybridized carbons (Fsp3) is 0.438. The molecule has 0 bridgehead atoms. The first-order valence-electron chi connectivity index (χ1n) is 7.24. The topological polar surface area (TPSA) is 65.1 Å². The zero-order valence-electron chi connectivity index (χ0n) is 11.7. The van der Waals surface area contributed by atoms with Gasteiger partial charge in [0, 0.05) is 36.7 Å². The van der Waals surface area contributed by atoms with E-state index in [-0.39, 0.29) is 12.5 Å². The first-order chi connectivity index (χ1) is 9.81. The Balaban J connectivity index is 1.71. The van der Waals surface area contributed by atoms with Gasteiger partial charge in [0.15, 0.2) is 0 Å². The van der Waals surface area contributed by atoms with E-state index in [1.165, 1.54) is 10.9 Å². The lowest BCUT2D eigenvalue weighted by Gasteiger charge is -2.04. The molecule has 0 fully saturated rings. The largest absolute Gasteiger partial charge is 0.396 e. The van der Waals surface area contributed by atoms with Crippen LogP contribution in [0.15, 0.2) is 30.5 Å². The van der Waals surface area contributed by atoms with E-state index in [0.717, 1.165) is 31.2 Å². The molecule has 3 N–H and O–H groups in total. The summed E-state index contributed by atoms with van der Waals surface area (Å²) in [6.45, 7) is 0.878. The Labute approximate surface area is 119 Å². The second kappa shape index (κ2) is 7.70. The standard InChI is InChI=1S/C16H22N2O2/c19-11-5-1-2-8-16(20)17-10-9-13-12-18-15-7-4-3-6-14(13)15/h3-4,6-7,12,18-19H,1-2,5,8-11H2,(H,17,20). The average molecular weight is 274 g/mol. The van der Waals surface area contributed by atoms with E-state index in [1.807, 2.05) is 18.3 Å². The van der Waals surface area contributed by atoms with E-state index in [9.17, 15) is 4.79 Å². The van der Waals surface area contributed by atoms with Crippen molar-refractivity contribution < 1.29 is 9.90 Å². The first-order valence-corrected chi connectivity index (χ1v) is 7.24. The number of aromatic nitrogens is 1. The number of carbonyl (C=O) groups excluding carboxylic acids is 1. The molecule has 0 radical (unpaired) electrons. The maximum Gasteiger partial charge on any atom is 0.220 e. The summed E-state index contributed by atoms with van der Waals surface area (Å²) < 4.78 is 0. The molecule has 1 heterocycles. The van der Waals surface area contributed by atoms with Crippen molar-refractivity contribution >= 4 is 16.8 Å². The SMILES string of the molecule is O=C(CCCCCO)NCCc1c[nH]c2ccccc12. The molecule has 4 heteroatoms. The summed E-state index contributed by atoms with van der Waals surface area (Å²) in [5, 5.41) is 12.8. The molecule has 0 atom stereocenters. The molecular weight excluding hydrogens is 252 g/mol. The second-order valence-electron chi connectivity index (χ2n) is 4.99. The van der Waals surface area contributed by atoms with Crippen molar-refractivity contribution in [3.05, 3.63) is 36.0 Å². The maximum absolute atomic E-state index is 11.6. The molecule has 2 aromatic rings. The summed E-state index contributed by atoms with van der Waals surface area (Å²) in [6.07, 6.45) is 5.94. The summed E-state index contributed by atoms with van der Waals surface area (Å²) >= 11 is 0. The number of amides is 1. The summed E-state index contributed by atoms with van der Waals surface area (Å²) in [6, 6.07) is 8.19. The Kier molecular flexibility index (Phi) is 5.62. The number of H-pyrrole nitrogens is 1. The van der Waals surface area contributed by atoms with E-state index >= 15 is 0 Å². The van der Waals surface area contributed by atoms with Crippen LogP contribution in [0.25, 0.3) is 10.9 Å². The van der Waals surface area contributed by atoms with E-state index in [1.54, 1.807) is 0 Å². The smallest absolute Gasteiger partial charge is 0.220 e. The van der Waals surface area contributed by atoms with Gasteiger partial charge in [-0.3, -0.25) is 4.79 Å². The highest BCUT2D eigenvalue weighted by Gasteiger charge is 2.04. The second-order valence-corrected chi connectivity index (χ2v) is 4.99. The van der Waals surface area contributed by atoms with Gasteiger partial charge in [-0.1, -0.05) is 24.6 Å². The zero-order chi connectivity index (χ0) is 14.2. The molecule has 0 aliphatic carbocycles. The van der Waals surface area contributed by atoms with Crippen LogP contribution < -0.4 is 5.32 Å². The highest BCUT2D eigenvalue weighted by atomic mass is 16.2. The molecule has 2 rings (SSSR count). The van der Waals surface area contributed by atoms with Gasteiger partial charge in [-0.2, -0.15) is 0 Å². The fourth-order valence-electron chi connectivity index (χ4n) is 2.34. The molecule has 1 amide bonds. The van der Waals surface area contributed by atoms with Crippen LogP contribution in [0.4, 0.5) is 0 Å². The third kappa shape index (κ3) is 4.10. The van der Waals surface area contributed by atoms with Gasteiger partial charge in [-0.05, 0) is 30.9 Å². The third-order valence-electron chi connectivity index (χ3n) is 3.45.